The lowest BCUT2D eigenvalue weighted by Crippen LogP contribution is -2.37. The van der Waals surface area contributed by atoms with Crippen LogP contribution in [0.1, 0.15) is 19.8 Å². The number of nitrogen functional groups attached to an aromatic ring is 1. The van der Waals surface area contributed by atoms with Crippen LogP contribution >= 0.6 is 0 Å². The summed E-state index contributed by atoms with van der Waals surface area (Å²) in [6, 6.07) is 3.02. The van der Waals surface area contributed by atoms with E-state index >= 15 is 0 Å². The molecule has 4 N–H and O–H groups in total. The van der Waals surface area contributed by atoms with Crippen molar-refractivity contribution in [1.29, 1.82) is 0 Å². The number of nitrogens with zero attached hydrogens (tertiary/aromatic N) is 2. The number of aromatic nitrogens is 1. The minimum atomic E-state index is -0.351. The van der Waals surface area contributed by atoms with Crippen molar-refractivity contribution in [1.82, 2.24) is 9.47 Å². The molecule has 0 aliphatic rings. The minimum Gasteiger partial charge on any atom is -0.398 e. The number of nitrogens with two attached hydrogens (primary N) is 2. The van der Waals surface area contributed by atoms with E-state index in [4.69, 9.17) is 11.5 Å². The number of pyridine rings is 1. The highest BCUT2D eigenvalue weighted by atomic mass is 16.1. The SMILES string of the molecule is CCCCN(CCn1cc(N)ccc1=O)CC(N)=O. The van der Waals surface area contributed by atoms with Crippen LogP contribution in [0.2, 0.25) is 0 Å². The summed E-state index contributed by atoms with van der Waals surface area (Å²) in [6.45, 7) is 4.21. The summed E-state index contributed by atoms with van der Waals surface area (Å²) >= 11 is 0. The van der Waals surface area contributed by atoms with Crippen LogP contribution in [0.5, 0.6) is 0 Å². The van der Waals surface area contributed by atoms with E-state index in [9.17, 15) is 9.59 Å². The van der Waals surface area contributed by atoms with Gasteiger partial charge in [-0.05, 0) is 19.0 Å². The van der Waals surface area contributed by atoms with Crippen molar-refractivity contribution in [2.45, 2.75) is 26.3 Å². The maximum absolute atomic E-state index is 11.6. The highest BCUT2D eigenvalue weighted by molar-refractivity contribution is 5.75. The lowest BCUT2D eigenvalue weighted by Gasteiger charge is -2.20. The molecular formula is C13H22N4O2. The molecule has 0 unspecified atom stereocenters. The van der Waals surface area contributed by atoms with Gasteiger partial charge in [-0.15, -0.1) is 0 Å². The Morgan fingerprint density at radius 3 is 2.74 bits per heavy atom. The first-order chi connectivity index (χ1) is 9.02. The van der Waals surface area contributed by atoms with E-state index in [2.05, 4.69) is 6.92 Å². The molecule has 0 radical (unpaired) electrons. The lowest BCUT2D eigenvalue weighted by atomic mass is 10.3. The van der Waals surface area contributed by atoms with Crippen LogP contribution in [0, 0.1) is 0 Å². The Morgan fingerprint density at radius 2 is 2.11 bits per heavy atom. The van der Waals surface area contributed by atoms with E-state index in [1.165, 1.54) is 6.07 Å². The second-order valence-electron chi connectivity index (χ2n) is 4.59. The first-order valence-corrected chi connectivity index (χ1v) is 6.49. The number of anilines is 1. The van der Waals surface area contributed by atoms with E-state index in [1.54, 1.807) is 16.8 Å². The molecule has 0 saturated heterocycles. The highest BCUT2D eigenvalue weighted by Gasteiger charge is 2.08. The van der Waals surface area contributed by atoms with Crippen LogP contribution in [0.25, 0.3) is 0 Å². The summed E-state index contributed by atoms with van der Waals surface area (Å²) in [6.07, 6.45) is 3.66. The van der Waals surface area contributed by atoms with Crippen molar-refractivity contribution >= 4 is 11.6 Å². The van der Waals surface area contributed by atoms with Crippen molar-refractivity contribution in [3.8, 4) is 0 Å². The van der Waals surface area contributed by atoms with E-state index in [0.717, 1.165) is 19.4 Å². The number of hydrogen-bond acceptors (Lipinski definition) is 4. The lowest BCUT2D eigenvalue weighted by molar-refractivity contribution is -0.119. The van der Waals surface area contributed by atoms with Gasteiger partial charge in [-0.25, -0.2) is 0 Å². The molecule has 0 fully saturated rings. The van der Waals surface area contributed by atoms with Crippen LogP contribution in [-0.4, -0.2) is 35.0 Å². The van der Waals surface area contributed by atoms with Crippen molar-refractivity contribution < 1.29 is 4.79 Å². The van der Waals surface area contributed by atoms with Crippen molar-refractivity contribution in [2.75, 3.05) is 25.4 Å². The maximum Gasteiger partial charge on any atom is 0.250 e. The Morgan fingerprint density at radius 1 is 1.37 bits per heavy atom. The van der Waals surface area contributed by atoms with Crippen LogP contribution in [0.4, 0.5) is 5.69 Å². The zero-order chi connectivity index (χ0) is 14.3. The molecular weight excluding hydrogens is 244 g/mol. The fraction of sp³-hybridized carbons (Fsp3) is 0.538. The molecule has 1 aromatic rings. The van der Waals surface area contributed by atoms with Crippen LogP contribution in [-0.2, 0) is 11.3 Å². The predicted octanol–water partition coefficient (Wildman–Crippen LogP) is 0.0179. The molecule has 0 bridgehead atoms. The molecule has 0 aliphatic heterocycles. The average molecular weight is 266 g/mol. The van der Waals surface area contributed by atoms with Gasteiger partial charge in [-0.3, -0.25) is 14.5 Å². The molecule has 1 amide bonds. The largest absolute Gasteiger partial charge is 0.398 e. The van der Waals surface area contributed by atoms with Gasteiger partial charge in [-0.2, -0.15) is 0 Å². The molecule has 6 nitrogen and oxygen atoms in total. The van der Waals surface area contributed by atoms with E-state index in [0.29, 0.717) is 18.8 Å². The molecule has 6 heteroatoms. The maximum atomic E-state index is 11.6. The van der Waals surface area contributed by atoms with E-state index in [1.807, 2.05) is 4.90 Å². The van der Waals surface area contributed by atoms with Gasteiger partial charge in [0.25, 0.3) is 5.56 Å². The van der Waals surface area contributed by atoms with Gasteiger partial charge < -0.3 is 16.0 Å². The van der Waals surface area contributed by atoms with Crippen molar-refractivity contribution in [3.05, 3.63) is 28.7 Å². The third-order valence-corrected chi connectivity index (χ3v) is 2.87. The normalized spacial score (nSPS) is 10.8. The minimum absolute atomic E-state index is 0.0938. The highest BCUT2D eigenvalue weighted by Crippen LogP contribution is 1.99. The Hall–Kier alpha value is -1.82. The Kier molecular flexibility index (Phi) is 6.08. The molecule has 1 heterocycles. The van der Waals surface area contributed by atoms with Crippen LogP contribution in [0.3, 0.4) is 0 Å². The van der Waals surface area contributed by atoms with Crippen molar-refractivity contribution in [3.63, 3.8) is 0 Å². The third-order valence-electron chi connectivity index (χ3n) is 2.87. The number of carbonyl (C=O) groups excluding carboxylic acids is 1. The zero-order valence-corrected chi connectivity index (χ0v) is 11.3. The number of unbranched alkanes of at least 4 members (excludes halogenated alkanes) is 1. The summed E-state index contributed by atoms with van der Waals surface area (Å²) < 4.78 is 1.55. The summed E-state index contributed by atoms with van der Waals surface area (Å²) in [5.41, 5.74) is 11.3. The quantitative estimate of drug-likeness (QED) is 0.693. The Balaban J connectivity index is 2.61. The Labute approximate surface area is 113 Å². The molecule has 1 rings (SSSR count). The fourth-order valence-electron chi connectivity index (χ4n) is 1.85. The number of hydrogen-bond donors (Lipinski definition) is 2. The number of carbonyl (C=O) groups is 1. The number of primary amides is 1. The van der Waals surface area contributed by atoms with Gasteiger partial charge in [-0.1, -0.05) is 13.3 Å². The summed E-state index contributed by atoms with van der Waals surface area (Å²) in [7, 11) is 0. The monoisotopic (exact) mass is 266 g/mol. The van der Waals surface area contributed by atoms with E-state index < -0.39 is 0 Å². The second kappa shape index (κ2) is 7.58. The molecule has 0 aliphatic carbocycles. The topological polar surface area (TPSA) is 94.3 Å². The first kappa shape index (κ1) is 15.2. The Bertz CT molecular complexity index is 470. The van der Waals surface area contributed by atoms with Gasteiger partial charge in [0.15, 0.2) is 0 Å². The molecule has 0 atom stereocenters. The third kappa shape index (κ3) is 5.56. The van der Waals surface area contributed by atoms with E-state index in [-0.39, 0.29) is 18.0 Å². The standard InChI is InChI=1S/C13H22N4O2/c1-2-3-6-16(10-12(15)18)7-8-17-9-11(14)4-5-13(17)19/h4-5,9H,2-3,6-8,10,14H2,1H3,(H2,15,18). The smallest absolute Gasteiger partial charge is 0.250 e. The van der Waals surface area contributed by atoms with Gasteiger partial charge in [0.2, 0.25) is 5.91 Å². The number of amides is 1. The molecule has 19 heavy (non-hydrogen) atoms. The second-order valence-corrected chi connectivity index (χ2v) is 4.59. The molecule has 0 saturated carbocycles. The van der Waals surface area contributed by atoms with Crippen LogP contribution < -0.4 is 17.0 Å². The summed E-state index contributed by atoms with van der Waals surface area (Å²) in [4.78, 5) is 24.6. The average Bonchev–Trinajstić information content (AvgIpc) is 2.36. The predicted molar refractivity (Wildman–Crippen MR) is 75.7 cm³/mol. The van der Waals surface area contributed by atoms with Gasteiger partial charge in [0.1, 0.15) is 0 Å². The van der Waals surface area contributed by atoms with Gasteiger partial charge in [0.05, 0.1) is 6.54 Å². The van der Waals surface area contributed by atoms with Gasteiger partial charge in [0, 0.05) is 31.0 Å². The number of rotatable bonds is 8. The van der Waals surface area contributed by atoms with Crippen molar-refractivity contribution in [2.24, 2.45) is 5.73 Å². The van der Waals surface area contributed by atoms with Crippen LogP contribution in [0.15, 0.2) is 23.1 Å². The molecule has 106 valence electrons. The first-order valence-electron chi connectivity index (χ1n) is 6.49. The van der Waals surface area contributed by atoms with Gasteiger partial charge >= 0.3 is 0 Å². The summed E-state index contributed by atoms with van der Waals surface area (Å²) in [5.74, 6) is -0.351. The molecule has 1 aromatic heterocycles. The zero-order valence-electron chi connectivity index (χ0n) is 11.3. The molecule has 0 spiro atoms. The fourth-order valence-corrected chi connectivity index (χ4v) is 1.85. The molecule has 0 aromatic carbocycles. The summed E-state index contributed by atoms with van der Waals surface area (Å²) in [5, 5.41) is 0.